The number of nitrogen functional groups attached to an aromatic ring is 1. The largest absolute Gasteiger partial charge is 0.382 e. The molecule has 2 aromatic heterocycles. The van der Waals surface area contributed by atoms with E-state index in [0.29, 0.717) is 11.7 Å². The van der Waals surface area contributed by atoms with E-state index in [1.165, 1.54) is 5.56 Å². The van der Waals surface area contributed by atoms with Crippen molar-refractivity contribution in [2.75, 3.05) is 5.73 Å². The highest BCUT2D eigenvalue weighted by Crippen LogP contribution is 2.22. The fraction of sp³-hybridized carbons (Fsp3) is 0.400. The van der Waals surface area contributed by atoms with Crippen LogP contribution in [0.1, 0.15) is 25.3 Å². The summed E-state index contributed by atoms with van der Waals surface area (Å²) in [6.45, 7) is 4.27. The highest BCUT2D eigenvalue weighted by molar-refractivity contribution is 5.86. The second-order valence-electron chi connectivity index (χ2n) is 3.80. The van der Waals surface area contributed by atoms with Gasteiger partial charge in [-0.3, -0.25) is 0 Å². The molecule has 0 saturated carbocycles. The first-order chi connectivity index (χ1) is 6.59. The van der Waals surface area contributed by atoms with Crippen LogP contribution in [0.5, 0.6) is 0 Å². The number of hydrogen-bond acceptors (Lipinski definition) is 3. The third-order valence-corrected chi connectivity index (χ3v) is 2.39. The Kier molecular flexibility index (Phi) is 1.91. The Bertz CT molecular complexity index is 470. The summed E-state index contributed by atoms with van der Waals surface area (Å²) in [4.78, 5) is 4.34. The van der Waals surface area contributed by atoms with E-state index in [1.807, 2.05) is 13.2 Å². The summed E-state index contributed by atoms with van der Waals surface area (Å²) in [5.74, 6) is 1.02. The van der Waals surface area contributed by atoms with Gasteiger partial charge in [-0.15, -0.1) is 0 Å². The molecule has 0 unspecified atom stereocenters. The van der Waals surface area contributed by atoms with Crippen molar-refractivity contribution in [1.82, 2.24) is 14.8 Å². The highest BCUT2D eigenvalue weighted by Gasteiger charge is 2.08. The first-order valence-electron chi connectivity index (χ1n) is 4.67. The molecule has 0 bridgehead atoms. The highest BCUT2D eigenvalue weighted by atomic mass is 15.3. The summed E-state index contributed by atoms with van der Waals surface area (Å²) in [6, 6.07) is 2.06. The number of fused-ring (bicyclic) bond motifs is 1. The van der Waals surface area contributed by atoms with Crippen molar-refractivity contribution in [2.45, 2.75) is 19.8 Å². The summed E-state index contributed by atoms with van der Waals surface area (Å²) >= 11 is 0. The Balaban J connectivity index is 2.71. The number of nitrogens with two attached hydrogens (primary N) is 1. The fourth-order valence-corrected chi connectivity index (χ4v) is 1.50. The maximum atomic E-state index is 5.77. The lowest BCUT2D eigenvalue weighted by atomic mass is 10.1. The van der Waals surface area contributed by atoms with Crippen LogP contribution in [0, 0.1) is 0 Å². The minimum Gasteiger partial charge on any atom is -0.382 e. The molecule has 0 saturated heterocycles. The van der Waals surface area contributed by atoms with Gasteiger partial charge in [-0.05, 0) is 17.5 Å². The third kappa shape index (κ3) is 1.23. The molecule has 0 aliphatic heterocycles. The first kappa shape index (κ1) is 8.99. The number of anilines is 1. The second-order valence-corrected chi connectivity index (χ2v) is 3.80. The van der Waals surface area contributed by atoms with Crippen molar-refractivity contribution in [3.8, 4) is 0 Å². The summed E-state index contributed by atoms with van der Waals surface area (Å²) in [5.41, 5.74) is 7.81. The van der Waals surface area contributed by atoms with E-state index in [9.17, 15) is 0 Å². The van der Waals surface area contributed by atoms with Gasteiger partial charge in [-0.25, -0.2) is 9.67 Å². The molecule has 2 aromatic rings. The van der Waals surface area contributed by atoms with Gasteiger partial charge < -0.3 is 5.73 Å². The number of aromatic nitrogens is 3. The predicted octanol–water partition coefficient (Wildman–Crippen LogP) is 1.67. The van der Waals surface area contributed by atoms with Gasteiger partial charge in [-0.2, -0.15) is 5.10 Å². The van der Waals surface area contributed by atoms with Crippen molar-refractivity contribution in [3.63, 3.8) is 0 Å². The standard InChI is InChI=1S/C10H14N4/c1-6(2)7-4-8-9(11)13-14(3)10(8)12-5-7/h4-6H,1-3H3,(H2,11,13). The molecule has 2 rings (SSSR count). The van der Waals surface area contributed by atoms with E-state index in [1.54, 1.807) is 4.68 Å². The molecular weight excluding hydrogens is 176 g/mol. The van der Waals surface area contributed by atoms with E-state index < -0.39 is 0 Å². The molecule has 4 heteroatoms. The lowest BCUT2D eigenvalue weighted by Gasteiger charge is -2.03. The molecule has 14 heavy (non-hydrogen) atoms. The number of rotatable bonds is 1. The molecule has 2 heterocycles. The number of pyridine rings is 1. The maximum Gasteiger partial charge on any atom is 0.159 e. The van der Waals surface area contributed by atoms with Crippen molar-refractivity contribution < 1.29 is 0 Å². The Morgan fingerprint density at radius 3 is 2.79 bits per heavy atom. The van der Waals surface area contributed by atoms with Crippen molar-refractivity contribution in [3.05, 3.63) is 17.8 Å². The van der Waals surface area contributed by atoms with Crippen molar-refractivity contribution >= 4 is 16.9 Å². The molecule has 0 radical (unpaired) electrons. The Hall–Kier alpha value is -1.58. The van der Waals surface area contributed by atoms with Gasteiger partial charge in [0.1, 0.15) is 0 Å². The second kappa shape index (κ2) is 2.97. The summed E-state index contributed by atoms with van der Waals surface area (Å²) in [5, 5.41) is 5.07. The maximum absolute atomic E-state index is 5.77. The molecule has 0 fully saturated rings. The van der Waals surface area contributed by atoms with Gasteiger partial charge >= 0.3 is 0 Å². The molecule has 2 N–H and O–H groups in total. The van der Waals surface area contributed by atoms with E-state index in [4.69, 9.17) is 5.73 Å². The smallest absolute Gasteiger partial charge is 0.159 e. The van der Waals surface area contributed by atoms with Crippen LogP contribution < -0.4 is 5.73 Å². The van der Waals surface area contributed by atoms with Crippen LogP contribution in [0.15, 0.2) is 12.3 Å². The Morgan fingerprint density at radius 2 is 2.14 bits per heavy atom. The molecule has 0 spiro atoms. The molecule has 0 aromatic carbocycles. The average Bonchev–Trinajstić information content (AvgIpc) is 2.42. The minimum absolute atomic E-state index is 0.464. The predicted molar refractivity (Wildman–Crippen MR) is 57.0 cm³/mol. The van der Waals surface area contributed by atoms with E-state index in [-0.39, 0.29) is 0 Å². The zero-order valence-corrected chi connectivity index (χ0v) is 8.65. The zero-order valence-electron chi connectivity index (χ0n) is 8.65. The van der Waals surface area contributed by atoms with Crippen LogP contribution in [0.4, 0.5) is 5.82 Å². The molecule has 0 aliphatic carbocycles. The lowest BCUT2D eigenvalue weighted by Crippen LogP contribution is -1.93. The summed E-state index contributed by atoms with van der Waals surface area (Å²) in [6.07, 6.45) is 1.88. The summed E-state index contributed by atoms with van der Waals surface area (Å²) in [7, 11) is 1.85. The zero-order chi connectivity index (χ0) is 10.3. The van der Waals surface area contributed by atoms with E-state index in [0.717, 1.165) is 11.0 Å². The Labute approximate surface area is 82.7 Å². The van der Waals surface area contributed by atoms with Gasteiger partial charge in [0.05, 0.1) is 5.39 Å². The van der Waals surface area contributed by atoms with Crippen LogP contribution in [-0.4, -0.2) is 14.8 Å². The van der Waals surface area contributed by atoms with Gasteiger partial charge in [0.2, 0.25) is 0 Å². The number of aryl methyl sites for hydroxylation is 1. The van der Waals surface area contributed by atoms with Crippen molar-refractivity contribution in [2.24, 2.45) is 7.05 Å². The minimum atomic E-state index is 0.464. The van der Waals surface area contributed by atoms with Crippen LogP contribution in [0.3, 0.4) is 0 Å². The molecule has 74 valence electrons. The topological polar surface area (TPSA) is 56.7 Å². The SMILES string of the molecule is CC(C)c1cnc2c(c1)c(N)nn2C. The van der Waals surface area contributed by atoms with Crippen LogP contribution >= 0.6 is 0 Å². The van der Waals surface area contributed by atoms with Crippen molar-refractivity contribution in [1.29, 1.82) is 0 Å². The first-order valence-corrected chi connectivity index (χ1v) is 4.67. The summed E-state index contributed by atoms with van der Waals surface area (Å²) < 4.78 is 1.70. The molecule has 0 amide bonds. The molecule has 0 atom stereocenters. The van der Waals surface area contributed by atoms with E-state index >= 15 is 0 Å². The van der Waals surface area contributed by atoms with E-state index in [2.05, 4.69) is 30.0 Å². The number of hydrogen-bond donors (Lipinski definition) is 1. The van der Waals surface area contributed by atoms with Gasteiger partial charge in [0.15, 0.2) is 11.5 Å². The van der Waals surface area contributed by atoms with Gasteiger partial charge in [0, 0.05) is 13.2 Å². The number of nitrogens with zero attached hydrogens (tertiary/aromatic N) is 3. The monoisotopic (exact) mass is 190 g/mol. The molecule has 4 nitrogen and oxygen atoms in total. The third-order valence-electron chi connectivity index (χ3n) is 2.39. The normalized spacial score (nSPS) is 11.4. The van der Waals surface area contributed by atoms with Crippen LogP contribution in [0.25, 0.3) is 11.0 Å². The lowest BCUT2D eigenvalue weighted by molar-refractivity contribution is 0.789. The van der Waals surface area contributed by atoms with Gasteiger partial charge in [-0.1, -0.05) is 13.8 Å². The Morgan fingerprint density at radius 1 is 1.43 bits per heavy atom. The van der Waals surface area contributed by atoms with Crippen LogP contribution in [0.2, 0.25) is 0 Å². The quantitative estimate of drug-likeness (QED) is 0.744. The molecular formula is C10H14N4. The average molecular weight is 190 g/mol. The van der Waals surface area contributed by atoms with Crippen LogP contribution in [-0.2, 0) is 7.05 Å². The van der Waals surface area contributed by atoms with Gasteiger partial charge in [0.25, 0.3) is 0 Å². The molecule has 0 aliphatic rings. The fourth-order valence-electron chi connectivity index (χ4n) is 1.50.